The largest absolute Gasteiger partial charge is 0.457 e. The van der Waals surface area contributed by atoms with E-state index >= 15 is 0 Å². The highest BCUT2D eigenvalue weighted by Gasteiger charge is 2.42. The number of rotatable bonds is 3. The van der Waals surface area contributed by atoms with Crippen LogP contribution in [0.2, 0.25) is 0 Å². The lowest BCUT2D eigenvalue weighted by molar-refractivity contribution is -0.236. The van der Waals surface area contributed by atoms with Crippen molar-refractivity contribution in [2.24, 2.45) is 5.73 Å². The minimum atomic E-state index is -5.14. The molecule has 1 atom stereocenters. The molecule has 0 bridgehead atoms. The Kier molecular flexibility index (Phi) is 3.31. The molecule has 1 rings (SSSR count). The first-order chi connectivity index (χ1) is 7.30. The molecular formula is C8H6F4N2O2. The summed E-state index contributed by atoms with van der Waals surface area (Å²) in [6.07, 6.45) is -6.75. The molecule has 0 aliphatic heterocycles. The zero-order valence-corrected chi connectivity index (χ0v) is 7.66. The second-order valence-electron chi connectivity index (χ2n) is 2.75. The Morgan fingerprint density at radius 2 is 2.06 bits per heavy atom. The highest BCUT2D eigenvalue weighted by Crippen LogP contribution is 2.25. The molecule has 8 heteroatoms. The van der Waals surface area contributed by atoms with Gasteiger partial charge in [0.1, 0.15) is 5.75 Å². The van der Waals surface area contributed by atoms with Crippen LogP contribution in [0, 0.1) is 0 Å². The van der Waals surface area contributed by atoms with Gasteiger partial charge in [0, 0.05) is 6.20 Å². The van der Waals surface area contributed by atoms with Crippen LogP contribution >= 0.6 is 0 Å². The molecule has 1 heterocycles. The quantitative estimate of drug-likeness (QED) is 0.810. The highest BCUT2D eigenvalue weighted by atomic mass is 19.4. The highest BCUT2D eigenvalue weighted by molar-refractivity contribution is 5.92. The van der Waals surface area contributed by atoms with E-state index in [1.807, 2.05) is 0 Å². The van der Waals surface area contributed by atoms with E-state index in [-0.39, 0.29) is 5.56 Å². The van der Waals surface area contributed by atoms with Gasteiger partial charge in [0.15, 0.2) is 0 Å². The lowest BCUT2D eigenvalue weighted by Gasteiger charge is -2.13. The van der Waals surface area contributed by atoms with Crippen molar-refractivity contribution in [2.45, 2.75) is 12.5 Å². The summed E-state index contributed by atoms with van der Waals surface area (Å²) in [5, 5.41) is 0. The summed E-state index contributed by atoms with van der Waals surface area (Å²) in [5.74, 6) is -1.43. The first-order valence-corrected chi connectivity index (χ1v) is 3.93. The summed E-state index contributed by atoms with van der Waals surface area (Å²) in [6.45, 7) is 0. The van der Waals surface area contributed by atoms with E-state index in [4.69, 9.17) is 5.73 Å². The molecule has 0 saturated heterocycles. The van der Waals surface area contributed by atoms with Crippen LogP contribution in [0.5, 0.6) is 5.75 Å². The molecule has 0 spiro atoms. The maximum atomic E-state index is 12.4. The van der Waals surface area contributed by atoms with Crippen molar-refractivity contribution >= 4 is 5.91 Å². The van der Waals surface area contributed by atoms with Crippen molar-refractivity contribution < 1.29 is 27.1 Å². The maximum Gasteiger partial charge on any atom is 0.457 e. The molecule has 88 valence electrons. The number of nitrogens with zero attached hydrogens (tertiary/aromatic N) is 1. The number of nitrogens with two attached hydrogens (primary N) is 1. The number of pyridine rings is 1. The molecule has 0 fully saturated rings. The Bertz CT molecular complexity index is 394. The lowest BCUT2D eigenvalue weighted by Crippen LogP contribution is -2.30. The third kappa shape index (κ3) is 3.07. The Labute approximate surface area is 87.0 Å². The summed E-state index contributed by atoms with van der Waals surface area (Å²) < 4.78 is 51.7. The Balaban J connectivity index is 2.82. The van der Waals surface area contributed by atoms with Crippen LogP contribution in [-0.4, -0.2) is 23.4 Å². The number of primary amides is 1. The second-order valence-corrected chi connectivity index (χ2v) is 2.75. The summed E-state index contributed by atoms with van der Waals surface area (Å²) >= 11 is 0. The van der Waals surface area contributed by atoms with Gasteiger partial charge in [-0.3, -0.25) is 9.78 Å². The fourth-order valence-corrected chi connectivity index (χ4v) is 0.804. The molecule has 0 saturated carbocycles. The normalized spacial score (nSPS) is 13.2. The topological polar surface area (TPSA) is 65.2 Å². The van der Waals surface area contributed by atoms with Gasteiger partial charge >= 0.3 is 12.5 Å². The SMILES string of the molecule is NC(=O)c1cncc(OC(F)C(F)(F)F)c1. The molecule has 1 amide bonds. The molecular weight excluding hydrogens is 232 g/mol. The van der Waals surface area contributed by atoms with Crippen molar-refractivity contribution in [2.75, 3.05) is 0 Å². The van der Waals surface area contributed by atoms with E-state index in [0.29, 0.717) is 0 Å². The molecule has 2 N–H and O–H groups in total. The molecule has 0 aliphatic carbocycles. The van der Waals surface area contributed by atoms with Crippen molar-refractivity contribution in [3.63, 3.8) is 0 Å². The van der Waals surface area contributed by atoms with E-state index in [9.17, 15) is 22.4 Å². The van der Waals surface area contributed by atoms with Gasteiger partial charge < -0.3 is 10.5 Å². The average Bonchev–Trinajstić information content (AvgIpc) is 2.16. The maximum absolute atomic E-state index is 12.4. The fraction of sp³-hybridized carbons (Fsp3) is 0.250. The van der Waals surface area contributed by atoms with Gasteiger partial charge in [0.2, 0.25) is 5.91 Å². The zero-order chi connectivity index (χ0) is 12.3. The molecule has 16 heavy (non-hydrogen) atoms. The number of carbonyl (C=O) groups excluding carboxylic acids is 1. The minimum absolute atomic E-state index is 0.174. The third-order valence-corrected chi connectivity index (χ3v) is 1.49. The Hall–Kier alpha value is -1.86. The van der Waals surface area contributed by atoms with Gasteiger partial charge in [-0.1, -0.05) is 0 Å². The Morgan fingerprint density at radius 3 is 2.56 bits per heavy atom. The van der Waals surface area contributed by atoms with Crippen LogP contribution in [0.15, 0.2) is 18.5 Å². The monoisotopic (exact) mass is 238 g/mol. The molecule has 0 aliphatic rings. The summed E-state index contributed by atoms with van der Waals surface area (Å²) in [6, 6.07) is 0.869. The minimum Gasteiger partial charge on any atom is -0.450 e. The van der Waals surface area contributed by atoms with Gasteiger partial charge in [-0.05, 0) is 6.07 Å². The van der Waals surface area contributed by atoms with Gasteiger partial charge in [-0.25, -0.2) is 0 Å². The van der Waals surface area contributed by atoms with Crippen molar-refractivity contribution in [3.05, 3.63) is 24.0 Å². The number of aromatic nitrogens is 1. The molecule has 0 aromatic carbocycles. The summed E-state index contributed by atoms with van der Waals surface area (Å²) in [4.78, 5) is 14.0. The van der Waals surface area contributed by atoms with E-state index in [1.165, 1.54) is 0 Å². The van der Waals surface area contributed by atoms with E-state index in [1.54, 1.807) is 0 Å². The van der Waals surface area contributed by atoms with Crippen LogP contribution in [0.3, 0.4) is 0 Å². The van der Waals surface area contributed by atoms with Crippen LogP contribution in [-0.2, 0) is 0 Å². The van der Waals surface area contributed by atoms with Crippen molar-refractivity contribution in [1.82, 2.24) is 4.98 Å². The molecule has 0 radical (unpaired) electrons. The number of hydrogen-bond donors (Lipinski definition) is 1. The van der Waals surface area contributed by atoms with Gasteiger partial charge in [-0.2, -0.15) is 17.6 Å². The van der Waals surface area contributed by atoms with Crippen molar-refractivity contribution in [1.29, 1.82) is 0 Å². The second kappa shape index (κ2) is 4.33. The number of carbonyl (C=O) groups is 1. The van der Waals surface area contributed by atoms with Crippen LogP contribution in [0.1, 0.15) is 10.4 Å². The average molecular weight is 238 g/mol. The third-order valence-electron chi connectivity index (χ3n) is 1.49. The predicted octanol–water partition coefficient (Wildman–Crippen LogP) is 1.42. The number of hydrogen-bond acceptors (Lipinski definition) is 3. The van der Waals surface area contributed by atoms with Crippen LogP contribution < -0.4 is 10.5 Å². The molecule has 4 nitrogen and oxygen atoms in total. The van der Waals surface area contributed by atoms with Gasteiger partial charge in [0.25, 0.3) is 0 Å². The standard InChI is InChI=1S/C8H6F4N2O2/c9-7(8(10,11)12)16-5-1-4(6(13)15)2-14-3-5/h1-3,7H,(H2,13,15). The van der Waals surface area contributed by atoms with E-state index in [2.05, 4.69) is 9.72 Å². The van der Waals surface area contributed by atoms with Gasteiger partial charge in [-0.15, -0.1) is 0 Å². The summed E-state index contributed by atoms with van der Waals surface area (Å²) in [5.41, 5.74) is 4.67. The van der Waals surface area contributed by atoms with Gasteiger partial charge in [0.05, 0.1) is 11.8 Å². The molecule has 1 aromatic heterocycles. The first kappa shape index (κ1) is 12.2. The number of halogens is 4. The van der Waals surface area contributed by atoms with E-state index in [0.717, 1.165) is 18.5 Å². The van der Waals surface area contributed by atoms with Crippen molar-refractivity contribution in [3.8, 4) is 5.75 Å². The number of ether oxygens (including phenoxy) is 1. The predicted molar refractivity (Wildman–Crippen MR) is 44.3 cm³/mol. The van der Waals surface area contributed by atoms with Crippen LogP contribution in [0.25, 0.3) is 0 Å². The first-order valence-electron chi connectivity index (χ1n) is 3.93. The number of amides is 1. The molecule has 1 unspecified atom stereocenters. The lowest BCUT2D eigenvalue weighted by atomic mass is 10.3. The zero-order valence-electron chi connectivity index (χ0n) is 7.66. The summed E-state index contributed by atoms with van der Waals surface area (Å²) in [7, 11) is 0. The fourth-order valence-electron chi connectivity index (χ4n) is 0.804. The molecule has 1 aromatic rings. The number of alkyl halides is 4. The Morgan fingerprint density at radius 1 is 1.44 bits per heavy atom. The smallest absolute Gasteiger partial charge is 0.450 e. The van der Waals surface area contributed by atoms with Crippen LogP contribution in [0.4, 0.5) is 17.6 Å². The van der Waals surface area contributed by atoms with E-state index < -0.39 is 24.2 Å².